The van der Waals surface area contributed by atoms with Crippen LogP contribution >= 0.6 is 0 Å². The summed E-state index contributed by atoms with van der Waals surface area (Å²) in [5.41, 5.74) is 7.48. The van der Waals surface area contributed by atoms with Crippen LogP contribution in [-0.2, 0) is 7.05 Å². The van der Waals surface area contributed by atoms with Crippen molar-refractivity contribution >= 4 is 10.8 Å². The lowest BCUT2D eigenvalue weighted by Crippen LogP contribution is -2.30. The highest BCUT2D eigenvalue weighted by atomic mass is 15.0. The van der Waals surface area contributed by atoms with Crippen LogP contribution in [-0.4, -0.2) is 15.0 Å². The molecule has 0 aliphatic carbocycles. The van der Waals surface area contributed by atoms with Crippen molar-refractivity contribution in [3.05, 3.63) is 70.9 Å². The molecular weight excluding hydrogens is 392 g/mol. The van der Waals surface area contributed by atoms with E-state index in [1.54, 1.807) is 0 Å². The van der Waals surface area contributed by atoms with Crippen molar-refractivity contribution in [3.8, 4) is 22.6 Å². The van der Waals surface area contributed by atoms with Crippen LogP contribution in [0.2, 0.25) is 0 Å². The van der Waals surface area contributed by atoms with E-state index in [0.29, 0.717) is 0 Å². The smallest absolute Gasteiger partial charge is 0.213 e. The predicted molar refractivity (Wildman–Crippen MR) is 132 cm³/mol. The number of hydrogen-bond acceptors (Lipinski definition) is 3. The summed E-state index contributed by atoms with van der Waals surface area (Å²) in [7, 11) is 2.12. The fourth-order valence-corrected chi connectivity index (χ4v) is 4.11. The van der Waals surface area contributed by atoms with Crippen LogP contribution < -0.4 is 4.57 Å². The van der Waals surface area contributed by atoms with Crippen molar-refractivity contribution in [2.45, 2.75) is 60.3 Å². The van der Waals surface area contributed by atoms with E-state index in [9.17, 15) is 0 Å². The van der Waals surface area contributed by atoms with Crippen LogP contribution in [0.5, 0.6) is 0 Å². The molecule has 0 N–H and O–H groups in total. The zero-order chi connectivity index (χ0) is 23.2. The standard InChI is InChI=1S/C28H33N4/c1-16(2)26-29-27(17(3)4)31-28(30-26)22-10-9-21-14-25(32(8)15-23(21)13-22)24-12-18(5)11-19(6)20(24)7/h9-17H,1-8H3/q+1. The molecule has 0 saturated heterocycles. The first-order valence-electron chi connectivity index (χ1n) is 11.4. The van der Waals surface area contributed by atoms with Gasteiger partial charge in [-0.2, -0.15) is 0 Å². The Balaban J connectivity index is 1.85. The van der Waals surface area contributed by atoms with Gasteiger partial charge in [0.1, 0.15) is 18.7 Å². The summed E-state index contributed by atoms with van der Waals surface area (Å²) < 4.78 is 2.22. The normalized spacial score (nSPS) is 11.7. The molecule has 4 nitrogen and oxygen atoms in total. The SMILES string of the molecule is Cc1cc(C)c(C)c(-c2cc3ccc(-c4nc(C(C)C)nc(C(C)C)n4)cc3c[n+]2C)c1. The van der Waals surface area contributed by atoms with Gasteiger partial charge in [0.05, 0.1) is 0 Å². The largest absolute Gasteiger partial charge is 0.217 e. The van der Waals surface area contributed by atoms with Crippen LogP contribution in [0, 0.1) is 20.8 Å². The fraction of sp³-hybridized carbons (Fsp3) is 0.357. The molecule has 0 unspecified atom stereocenters. The average molecular weight is 426 g/mol. The van der Waals surface area contributed by atoms with E-state index in [1.165, 1.54) is 38.7 Å². The first-order chi connectivity index (χ1) is 15.1. The van der Waals surface area contributed by atoms with Crippen molar-refractivity contribution < 1.29 is 4.57 Å². The van der Waals surface area contributed by atoms with Gasteiger partial charge in [0.2, 0.25) is 5.69 Å². The first-order valence-corrected chi connectivity index (χ1v) is 11.4. The van der Waals surface area contributed by atoms with Gasteiger partial charge in [-0.25, -0.2) is 19.5 Å². The first kappa shape index (κ1) is 22.1. The zero-order valence-electron chi connectivity index (χ0n) is 20.5. The molecule has 4 heteroatoms. The predicted octanol–water partition coefficient (Wildman–Crippen LogP) is 6.36. The minimum Gasteiger partial charge on any atom is -0.217 e. The molecule has 4 aromatic rings. The van der Waals surface area contributed by atoms with Crippen LogP contribution in [0.4, 0.5) is 0 Å². The number of rotatable bonds is 4. The molecule has 2 heterocycles. The van der Waals surface area contributed by atoms with Gasteiger partial charge < -0.3 is 0 Å². The Bertz CT molecular complexity index is 1290. The zero-order valence-corrected chi connectivity index (χ0v) is 20.5. The molecule has 0 bridgehead atoms. The van der Waals surface area contributed by atoms with Crippen LogP contribution in [0.1, 0.15) is 67.9 Å². The summed E-state index contributed by atoms with van der Waals surface area (Å²) in [6.07, 6.45) is 2.21. The van der Waals surface area contributed by atoms with E-state index in [0.717, 1.165) is 23.0 Å². The van der Waals surface area contributed by atoms with E-state index < -0.39 is 0 Å². The average Bonchev–Trinajstić information content (AvgIpc) is 2.75. The van der Waals surface area contributed by atoms with Crippen molar-refractivity contribution in [3.63, 3.8) is 0 Å². The van der Waals surface area contributed by atoms with Gasteiger partial charge in [0, 0.05) is 34.4 Å². The number of pyridine rings is 1. The van der Waals surface area contributed by atoms with Gasteiger partial charge in [0.25, 0.3) is 0 Å². The topological polar surface area (TPSA) is 42.6 Å². The number of aromatic nitrogens is 4. The monoisotopic (exact) mass is 425 g/mol. The second kappa shape index (κ2) is 8.42. The molecule has 164 valence electrons. The third-order valence-corrected chi connectivity index (χ3v) is 6.14. The molecule has 0 spiro atoms. The van der Waals surface area contributed by atoms with E-state index in [4.69, 9.17) is 9.97 Å². The van der Waals surface area contributed by atoms with E-state index in [2.05, 4.69) is 108 Å². The molecule has 0 atom stereocenters. The Morgan fingerprint density at radius 3 is 2.03 bits per heavy atom. The van der Waals surface area contributed by atoms with Crippen molar-refractivity contribution in [2.75, 3.05) is 0 Å². The highest BCUT2D eigenvalue weighted by Gasteiger charge is 2.18. The third-order valence-electron chi connectivity index (χ3n) is 6.14. The number of hydrogen-bond donors (Lipinski definition) is 0. The van der Waals surface area contributed by atoms with Crippen molar-refractivity contribution in [2.24, 2.45) is 7.05 Å². The van der Waals surface area contributed by atoms with Gasteiger partial charge in [-0.05, 0) is 49.4 Å². The minimum atomic E-state index is 0.260. The Morgan fingerprint density at radius 2 is 1.41 bits per heavy atom. The second-order valence-corrected chi connectivity index (χ2v) is 9.55. The highest BCUT2D eigenvalue weighted by molar-refractivity contribution is 5.87. The van der Waals surface area contributed by atoms with Gasteiger partial charge >= 0.3 is 0 Å². The van der Waals surface area contributed by atoms with Gasteiger partial charge in [-0.1, -0.05) is 51.5 Å². The molecular formula is C28H33N4+. The molecule has 0 aliphatic heterocycles. The van der Waals surface area contributed by atoms with E-state index in [1.807, 2.05) is 0 Å². The Hall–Kier alpha value is -3.14. The van der Waals surface area contributed by atoms with Gasteiger partial charge in [-0.3, -0.25) is 0 Å². The molecule has 0 aliphatic rings. The molecule has 4 rings (SSSR count). The summed E-state index contributed by atoms with van der Waals surface area (Å²) in [6, 6.07) is 13.3. The summed E-state index contributed by atoms with van der Waals surface area (Å²) in [5, 5.41) is 2.39. The number of nitrogens with zero attached hydrogens (tertiary/aromatic N) is 4. The summed E-state index contributed by atoms with van der Waals surface area (Å²) in [5.74, 6) is 2.98. The maximum absolute atomic E-state index is 4.78. The summed E-state index contributed by atoms with van der Waals surface area (Å²) in [6.45, 7) is 15.1. The molecule has 0 fully saturated rings. The molecule has 2 aromatic heterocycles. The third kappa shape index (κ3) is 4.14. The minimum absolute atomic E-state index is 0.260. The Labute approximate surface area is 191 Å². The molecule has 0 amide bonds. The van der Waals surface area contributed by atoms with Crippen molar-refractivity contribution in [1.29, 1.82) is 0 Å². The summed E-state index contributed by atoms with van der Waals surface area (Å²) in [4.78, 5) is 14.2. The van der Waals surface area contributed by atoms with Crippen LogP contribution in [0.25, 0.3) is 33.4 Å². The molecule has 32 heavy (non-hydrogen) atoms. The Morgan fingerprint density at radius 1 is 0.750 bits per heavy atom. The molecule has 0 radical (unpaired) electrons. The summed E-state index contributed by atoms with van der Waals surface area (Å²) >= 11 is 0. The number of fused-ring (bicyclic) bond motifs is 1. The fourth-order valence-electron chi connectivity index (χ4n) is 4.11. The van der Waals surface area contributed by atoms with Crippen molar-refractivity contribution in [1.82, 2.24) is 15.0 Å². The quantitative estimate of drug-likeness (QED) is 0.358. The highest BCUT2D eigenvalue weighted by Crippen LogP contribution is 2.29. The molecule has 2 aromatic carbocycles. The van der Waals surface area contributed by atoms with E-state index in [-0.39, 0.29) is 11.8 Å². The lowest BCUT2D eigenvalue weighted by Gasteiger charge is -2.12. The lowest BCUT2D eigenvalue weighted by atomic mass is 9.96. The van der Waals surface area contributed by atoms with Gasteiger partial charge in [-0.15, -0.1) is 0 Å². The van der Waals surface area contributed by atoms with Crippen LogP contribution in [0.3, 0.4) is 0 Å². The number of aryl methyl sites for hydroxylation is 3. The Kier molecular flexibility index (Phi) is 5.81. The van der Waals surface area contributed by atoms with Gasteiger partial charge in [0.15, 0.2) is 12.0 Å². The second-order valence-electron chi connectivity index (χ2n) is 9.55. The molecule has 0 saturated carbocycles. The van der Waals surface area contributed by atoms with Crippen LogP contribution in [0.15, 0.2) is 42.6 Å². The van der Waals surface area contributed by atoms with E-state index >= 15 is 0 Å². The lowest BCUT2D eigenvalue weighted by molar-refractivity contribution is -0.659. The number of benzene rings is 2. The maximum Gasteiger partial charge on any atom is 0.213 e. The maximum atomic E-state index is 4.78.